The maximum Gasteiger partial charge on any atom is 0.357 e. The molecule has 0 atom stereocenters. The Hall–Kier alpha value is -5.65. The van der Waals surface area contributed by atoms with Crippen LogP contribution in [0.1, 0.15) is 45.1 Å². The van der Waals surface area contributed by atoms with Gasteiger partial charge in [0.25, 0.3) is 5.91 Å². The van der Waals surface area contributed by atoms with E-state index >= 15 is 0 Å². The topological polar surface area (TPSA) is 144 Å². The van der Waals surface area contributed by atoms with E-state index in [-0.39, 0.29) is 48.3 Å². The third kappa shape index (κ3) is 7.04. The third-order valence-corrected chi connectivity index (χ3v) is 6.21. The van der Waals surface area contributed by atoms with Gasteiger partial charge < -0.3 is 29.0 Å². The van der Waals surface area contributed by atoms with E-state index in [1.54, 1.807) is 80.6 Å². The molecule has 3 aromatic carbocycles. The van der Waals surface area contributed by atoms with Crippen molar-refractivity contribution in [2.45, 2.75) is 13.8 Å². The Labute approximate surface area is 253 Å². The SMILES string of the molecule is CCOC(=O)c1ccc(NC(=O)COc2ccc(-c3nn(-c4ccccc4)c(C(=O)OC)c3C(=O)OC)cc2OCC)cc1. The molecule has 0 radical (unpaired) electrons. The van der Waals surface area contributed by atoms with Gasteiger partial charge >= 0.3 is 17.9 Å². The molecule has 0 spiro atoms. The Morgan fingerprint density at radius 1 is 0.773 bits per heavy atom. The molecule has 0 fully saturated rings. The molecule has 12 nitrogen and oxygen atoms in total. The summed E-state index contributed by atoms with van der Waals surface area (Å²) in [7, 11) is 2.41. The van der Waals surface area contributed by atoms with Crippen LogP contribution in [-0.2, 0) is 19.0 Å². The summed E-state index contributed by atoms with van der Waals surface area (Å²) in [4.78, 5) is 50.3. The second-order valence-corrected chi connectivity index (χ2v) is 9.03. The highest BCUT2D eigenvalue weighted by Gasteiger charge is 2.31. The molecule has 4 aromatic rings. The van der Waals surface area contributed by atoms with Crippen LogP contribution >= 0.6 is 0 Å². The zero-order chi connectivity index (χ0) is 31.6. The number of hydrogen-bond acceptors (Lipinski definition) is 10. The number of benzene rings is 3. The zero-order valence-corrected chi connectivity index (χ0v) is 24.6. The van der Waals surface area contributed by atoms with E-state index in [4.69, 9.17) is 23.7 Å². The molecule has 0 unspecified atom stereocenters. The molecule has 1 aromatic heterocycles. The number of nitrogens with zero attached hydrogens (tertiary/aromatic N) is 2. The van der Waals surface area contributed by atoms with E-state index in [9.17, 15) is 19.2 Å². The van der Waals surface area contributed by atoms with Crippen LogP contribution in [0.25, 0.3) is 16.9 Å². The largest absolute Gasteiger partial charge is 0.490 e. The van der Waals surface area contributed by atoms with E-state index < -0.39 is 23.8 Å². The number of hydrogen-bond donors (Lipinski definition) is 1. The van der Waals surface area contributed by atoms with Crippen molar-refractivity contribution in [3.8, 4) is 28.4 Å². The standard InChI is InChI=1S/C32H31N3O9/c1-5-42-25-18-21(14-17-24(25)44-19-26(36)33-22-15-12-20(13-16-22)30(37)43-6-2)28-27(31(38)40-3)29(32(39)41-4)35(34-28)23-10-8-7-9-11-23/h7-18H,5-6,19H2,1-4H3,(H,33,36). The minimum Gasteiger partial charge on any atom is -0.490 e. The molecule has 1 N–H and O–H groups in total. The molecule has 0 aliphatic rings. The van der Waals surface area contributed by atoms with E-state index in [1.165, 1.54) is 18.9 Å². The lowest BCUT2D eigenvalue weighted by molar-refractivity contribution is -0.118. The molecule has 228 valence electrons. The first-order valence-corrected chi connectivity index (χ1v) is 13.6. The highest BCUT2D eigenvalue weighted by atomic mass is 16.5. The van der Waals surface area contributed by atoms with Gasteiger partial charge in [-0.3, -0.25) is 4.79 Å². The Morgan fingerprint density at radius 3 is 2.11 bits per heavy atom. The summed E-state index contributed by atoms with van der Waals surface area (Å²) < 4.78 is 27.8. The lowest BCUT2D eigenvalue weighted by Crippen LogP contribution is -2.20. The third-order valence-electron chi connectivity index (χ3n) is 6.21. The first-order valence-electron chi connectivity index (χ1n) is 13.6. The van der Waals surface area contributed by atoms with E-state index in [0.717, 1.165) is 0 Å². The van der Waals surface area contributed by atoms with Crippen molar-refractivity contribution in [3.05, 3.63) is 89.6 Å². The number of nitrogens with one attached hydrogen (secondary N) is 1. The molecule has 44 heavy (non-hydrogen) atoms. The van der Waals surface area contributed by atoms with Crippen LogP contribution in [0.4, 0.5) is 5.69 Å². The van der Waals surface area contributed by atoms with Gasteiger partial charge in [-0.2, -0.15) is 5.10 Å². The number of amides is 1. The van der Waals surface area contributed by atoms with Gasteiger partial charge in [0.15, 0.2) is 23.8 Å². The smallest absolute Gasteiger partial charge is 0.357 e. The van der Waals surface area contributed by atoms with Crippen molar-refractivity contribution in [1.82, 2.24) is 9.78 Å². The van der Waals surface area contributed by atoms with Gasteiger partial charge in [0.05, 0.1) is 38.7 Å². The predicted octanol–water partition coefficient (Wildman–Crippen LogP) is 4.71. The van der Waals surface area contributed by atoms with Gasteiger partial charge in [0, 0.05) is 11.3 Å². The Kier molecular flexibility index (Phi) is 10.3. The number of para-hydroxylation sites is 1. The molecule has 0 saturated carbocycles. The molecule has 0 bridgehead atoms. The van der Waals surface area contributed by atoms with E-state index in [2.05, 4.69) is 10.4 Å². The van der Waals surface area contributed by atoms with Gasteiger partial charge in [-0.25, -0.2) is 19.1 Å². The van der Waals surface area contributed by atoms with Crippen molar-refractivity contribution in [2.75, 3.05) is 39.4 Å². The fraction of sp³-hybridized carbons (Fsp3) is 0.219. The minimum absolute atomic E-state index is 0.0901. The van der Waals surface area contributed by atoms with Crippen LogP contribution in [0.3, 0.4) is 0 Å². The summed E-state index contributed by atoms with van der Waals surface area (Å²) in [6.07, 6.45) is 0. The quantitative estimate of drug-likeness (QED) is 0.179. The maximum atomic E-state index is 13.0. The molecule has 1 amide bonds. The first kappa shape index (κ1) is 31.3. The number of carbonyl (C=O) groups excluding carboxylic acids is 4. The summed E-state index contributed by atoms with van der Waals surface area (Å²) in [6.45, 7) is 3.69. The van der Waals surface area contributed by atoms with Crippen molar-refractivity contribution in [3.63, 3.8) is 0 Å². The van der Waals surface area contributed by atoms with Crippen LogP contribution in [0.15, 0.2) is 72.8 Å². The van der Waals surface area contributed by atoms with Crippen LogP contribution in [-0.4, -0.2) is 67.6 Å². The second kappa shape index (κ2) is 14.5. The molecule has 0 saturated heterocycles. The number of esters is 3. The Bertz CT molecular complexity index is 1650. The fourth-order valence-electron chi connectivity index (χ4n) is 4.24. The number of ether oxygens (including phenoxy) is 5. The summed E-state index contributed by atoms with van der Waals surface area (Å²) in [5, 5.41) is 7.29. The van der Waals surface area contributed by atoms with Crippen molar-refractivity contribution in [1.29, 1.82) is 0 Å². The lowest BCUT2D eigenvalue weighted by atomic mass is 10.0. The monoisotopic (exact) mass is 601 g/mol. The van der Waals surface area contributed by atoms with Crippen molar-refractivity contribution < 1.29 is 42.9 Å². The minimum atomic E-state index is -0.784. The van der Waals surface area contributed by atoms with Gasteiger partial charge in [0.1, 0.15) is 11.3 Å². The van der Waals surface area contributed by atoms with E-state index in [0.29, 0.717) is 22.5 Å². The molecule has 4 rings (SSSR count). The second-order valence-electron chi connectivity index (χ2n) is 9.03. The van der Waals surface area contributed by atoms with Gasteiger partial charge in [-0.1, -0.05) is 18.2 Å². The van der Waals surface area contributed by atoms with Gasteiger partial charge in [-0.05, 0) is 68.4 Å². The molecule has 0 aliphatic heterocycles. The van der Waals surface area contributed by atoms with E-state index in [1.807, 2.05) is 6.07 Å². The number of rotatable bonds is 12. The number of methoxy groups -OCH3 is 2. The highest BCUT2D eigenvalue weighted by molar-refractivity contribution is 6.07. The molecular weight excluding hydrogens is 570 g/mol. The van der Waals surface area contributed by atoms with Crippen LogP contribution in [0, 0.1) is 0 Å². The fourth-order valence-corrected chi connectivity index (χ4v) is 4.24. The number of anilines is 1. The Balaban J connectivity index is 1.61. The molecule has 12 heteroatoms. The van der Waals surface area contributed by atoms with Gasteiger partial charge in [0.2, 0.25) is 0 Å². The number of carbonyl (C=O) groups is 4. The summed E-state index contributed by atoms with van der Waals surface area (Å²) >= 11 is 0. The number of aromatic nitrogens is 2. The maximum absolute atomic E-state index is 13.0. The Morgan fingerprint density at radius 2 is 1.48 bits per heavy atom. The lowest BCUT2D eigenvalue weighted by Gasteiger charge is -2.13. The van der Waals surface area contributed by atoms with Crippen LogP contribution < -0.4 is 14.8 Å². The van der Waals surface area contributed by atoms with Crippen molar-refractivity contribution in [2.24, 2.45) is 0 Å². The van der Waals surface area contributed by atoms with Crippen LogP contribution in [0.5, 0.6) is 11.5 Å². The summed E-state index contributed by atoms with van der Waals surface area (Å²) in [6, 6.07) is 19.9. The molecule has 0 aliphatic carbocycles. The molecular formula is C32H31N3O9. The zero-order valence-electron chi connectivity index (χ0n) is 24.6. The molecule has 1 heterocycles. The van der Waals surface area contributed by atoms with Gasteiger partial charge in [-0.15, -0.1) is 0 Å². The predicted molar refractivity (Wildman–Crippen MR) is 159 cm³/mol. The normalized spacial score (nSPS) is 10.5. The van der Waals surface area contributed by atoms with Crippen LogP contribution in [0.2, 0.25) is 0 Å². The average Bonchev–Trinajstić information content (AvgIpc) is 3.45. The summed E-state index contributed by atoms with van der Waals surface area (Å²) in [5.41, 5.74) is 1.74. The average molecular weight is 602 g/mol. The highest BCUT2D eigenvalue weighted by Crippen LogP contribution is 2.36. The van der Waals surface area contributed by atoms with Crippen molar-refractivity contribution >= 4 is 29.5 Å². The summed E-state index contributed by atoms with van der Waals surface area (Å²) in [5.74, 6) is -1.92. The first-order chi connectivity index (χ1) is 21.3.